The Morgan fingerprint density at radius 1 is 1.29 bits per heavy atom. The molecule has 3 rings (SSSR count). The fourth-order valence-electron chi connectivity index (χ4n) is 3.50. The van der Waals surface area contributed by atoms with Gasteiger partial charge in [-0.2, -0.15) is 0 Å². The first-order valence-corrected chi connectivity index (χ1v) is 7.74. The Morgan fingerprint density at radius 3 is 2.76 bits per heavy atom. The summed E-state index contributed by atoms with van der Waals surface area (Å²) in [6.45, 7) is 5.18. The Labute approximate surface area is 126 Å². The van der Waals surface area contributed by atoms with E-state index in [1.807, 2.05) is 0 Å². The number of benzene rings is 2. The molecule has 112 valence electrons. The molecule has 0 aromatic heterocycles. The van der Waals surface area contributed by atoms with Crippen LogP contribution in [0.4, 0.5) is 0 Å². The van der Waals surface area contributed by atoms with Crippen molar-refractivity contribution in [3.63, 3.8) is 0 Å². The molecule has 1 saturated heterocycles. The largest absolute Gasteiger partial charge is 0.496 e. The van der Waals surface area contributed by atoms with E-state index >= 15 is 0 Å². The minimum Gasteiger partial charge on any atom is -0.496 e. The van der Waals surface area contributed by atoms with Crippen LogP contribution in [0.25, 0.3) is 10.8 Å². The average Bonchev–Trinajstić information content (AvgIpc) is 2.94. The minimum absolute atomic E-state index is 0.232. The van der Waals surface area contributed by atoms with Crippen molar-refractivity contribution in [2.24, 2.45) is 11.7 Å². The summed E-state index contributed by atoms with van der Waals surface area (Å²) >= 11 is 0. The van der Waals surface area contributed by atoms with Gasteiger partial charge in [0.1, 0.15) is 5.75 Å². The van der Waals surface area contributed by atoms with Gasteiger partial charge >= 0.3 is 0 Å². The predicted molar refractivity (Wildman–Crippen MR) is 87.6 cm³/mol. The van der Waals surface area contributed by atoms with Crippen molar-refractivity contribution in [3.8, 4) is 5.75 Å². The van der Waals surface area contributed by atoms with Crippen LogP contribution in [-0.4, -0.2) is 31.6 Å². The zero-order valence-electron chi connectivity index (χ0n) is 12.9. The van der Waals surface area contributed by atoms with Crippen LogP contribution in [0.3, 0.4) is 0 Å². The first-order chi connectivity index (χ1) is 10.2. The number of likely N-dealkylation sites (tertiary alicyclic amines) is 1. The smallest absolute Gasteiger partial charge is 0.124 e. The SMILES string of the molecule is COc1ccc2ccccc2c1C(CN)N1CCC(C)C1. The maximum atomic E-state index is 6.15. The molecule has 0 spiro atoms. The van der Waals surface area contributed by atoms with E-state index < -0.39 is 0 Å². The molecule has 1 aliphatic heterocycles. The van der Waals surface area contributed by atoms with E-state index in [1.165, 1.54) is 22.8 Å². The second-order valence-electron chi connectivity index (χ2n) is 6.04. The zero-order chi connectivity index (χ0) is 14.8. The first-order valence-electron chi connectivity index (χ1n) is 7.74. The Balaban J connectivity index is 2.11. The molecular formula is C18H24N2O. The topological polar surface area (TPSA) is 38.5 Å². The molecule has 3 nitrogen and oxygen atoms in total. The molecular weight excluding hydrogens is 260 g/mol. The molecule has 0 bridgehead atoms. The number of methoxy groups -OCH3 is 1. The third-order valence-corrected chi connectivity index (χ3v) is 4.60. The second-order valence-corrected chi connectivity index (χ2v) is 6.04. The highest BCUT2D eigenvalue weighted by molar-refractivity contribution is 5.88. The summed E-state index contributed by atoms with van der Waals surface area (Å²) in [7, 11) is 1.74. The van der Waals surface area contributed by atoms with Crippen molar-refractivity contribution in [3.05, 3.63) is 42.0 Å². The van der Waals surface area contributed by atoms with Crippen molar-refractivity contribution < 1.29 is 4.74 Å². The van der Waals surface area contributed by atoms with Crippen molar-refractivity contribution in [1.82, 2.24) is 4.90 Å². The van der Waals surface area contributed by atoms with Gasteiger partial charge in [-0.3, -0.25) is 4.90 Å². The fraction of sp³-hybridized carbons (Fsp3) is 0.444. The number of ether oxygens (including phenoxy) is 1. The molecule has 2 aromatic carbocycles. The summed E-state index contributed by atoms with van der Waals surface area (Å²) in [4.78, 5) is 2.51. The molecule has 2 aromatic rings. The summed E-state index contributed by atoms with van der Waals surface area (Å²) in [6.07, 6.45) is 1.25. The quantitative estimate of drug-likeness (QED) is 0.937. The van der Waals surface area contributed by atoms with E-state index in [1.54, 1.807) is 7.11 Å². The Kier molecular flexibility index (Phi) is 4.13. The van der Waals surface area contributed by atoms with Crippen molar-refractivity contribution in [2.75, 3.05) is 26.7 Å². The van der Waals surface area contributed by atoms with Gasteiger partial charge in [0.25, 0.3) is 0 Å². The van der Waals surface area contributed by atoms with Gasteiger partial charge in [0.2, 0.25) is 0 Å². The molecule has 2 unspecified atom stereocenters. The Hall–Kier alpha value is -1.58. The van der Waals surface area contributed by atoms with E-state index in [-0.39, 0.29) is 6.04 Å². The van der Waals surface area contributed by atoms with Gasteiger partial charge in [0.05, 0.1) is 13.2 Å². The highest BCUT2D eigenvalue weighted by atomic mass is 16.5. The second kappa shape index (κ2) is 6.04. The van der Waals surface area contributed by atoms with Crippen LogP contribution < -0.4 is 10.5 Å². The lowest BCUT2D eigenvalue weighted by atomic mass is 9.96. The summed E-state index contributed by atoms with van der Waals surface area (Å²) in [5, 5.41) is 2.51. The molecule has 21 heavy (non-hydrogen) atoms. The third kappa shape index (κ3) is 2.63. The predicted octanol–water partition coefficient (Wildman–Crippen LogP) is 3.19. The maximum Gasteiger partial charge on any atom is 0.124 e. The van der Waals surface area contributed by atoms with Crippen LogP contribution in [0.15, 0.2) is 36.4 Å². The Bertz CT molecular complexity index is 626. The van der Waals surface area contributed by atoms with E-state index in [9.17, 15) is 0 Å². The molecule has 2 atom stereocenters. The summed E-state index contributed by atoms with van der Waals surface area (Å²) < 4.78 is 5.64. The summed E-state index contributed by atoms with van der Waals surface area (Å²) in [5.74, 6) is 1.70. The Morgan fingerprint density at radius 2 is 2.10 bits per heavy atom. The van der Waals surface area contributed by atoms with Crippen molar-refractivity contribution >= 4 is 10.8 Å². The molecule has 1 fully saturated rings. The minimum atomic E-state index is 0.232. The molecule has 0 amide bonds. The monoisotopic (exact) mass is 284 g/mol. The number of hydrogen-bond acceptors (Lipinski definition) is 3. The zero-order valence-corrected chi connectivity index (χ0v) is 12.9. The first kappa shape index (κ1) is 14.4. The van der Waals surface area contributed by atoms with Gasteiger partial charge < -0.3 is 10.5 Å². The molecule has 0 saturated carbocycles. The van der Waals surface area contributed by atoms with Gasteiger partial charge in [0, 0.05) is 18.7 Å². The van der Waals surface area contributed by atoms with Crippen LogP contribution >= 0.6 is 0 Å². The van der Waals surface area contributed by atoms with E-state index in [0.29, 0.717) is 6.54 Å². The molecule has 0 aliphatic carbocycles. The highest BCUT2D eigenvalue weighted by Gasteiger charge is 2.29. The van der Waals surface area contributed by atoms with E-state index in [2.05, 4.69) is 48.2 Å². The number of rotatable bonds is 4. The van der Waals surface area contributed by atoms with E-state index in [4.69, 9.17) is 10.5 Å². The van der Waals surface area contributed by atoms with Crippen LogP contribution in [0.5, 0.6) is 5.75 Å². The van der Waals surface area contributed by atoms with Gasteiger partial charge in [-0.15, -0.1) is 0 Å². The lowest BCUT2D eigenvalue weighted by Gasteiger charge is -2.29. The fourth-order valence-corrected chi connectivity index (χ4v) is 3.50. The lowest BCUT2D eigenvalue weighted by molar-refractivity contribution is 0.239. The van der Waals surface area contributed by atoms with Crippen molar-refractivity contribution in [2.45, 2.75) is 19.4 Å². The lowest BCUT2D eigenvalue weighted by Crippen LogP contribution is -2.32. The number of hydrogen-bond donors (Lipinski definition) is 1. The molecule has 1 aliphatic rings. The van der Waals surface area contributed by atoms with Crippen LogP contribution in [0, 0.1) is 5.92 Å². The maximum absolute atomic E-state index is 6.15. The third-order valence-electron chi connectivity index (χ3n) is 4.60. The number of nitrogens with zero attached hydrogens (tertiary/aromatic N) is 1. The van der Waals surface area contributed by atoms with Gasteiger partial charge in [-0.05, 0) is 35.7 Å². The normalized spacial score (nSPS) is 20.8. The standard InChI is InChI=1S/C18H24N2O/c1-13-9-10-20(12-13)16(11-19)18-15-6-4-3-5-14(15)7-8-17(18)21-2/h3-8,13,16H,9-12,19H2,1-2H3. The number of fused-ring (bicyclic) bond motifs is 1. The molecule has 3 heteroatoms. The van der Waals surface area contributed by atoms with Crippen LogP contribution in [-0.2, 0) is 0 Å². The molecule has 0 radical (unpaired) electrons. The van der Waals surface area contributed by atoms with Gasteiger partial charge in [-0.25, -0.2) is 0 Å². The average molecular weight is 284 g/mol. The highest BCUT2D eigenvalue weighted by Crippen LogP contribution is 2.37. The summed E-state index contributed by atoms with van der Waals surface area (Å²) in [5.41, 5.74) is 7.39. The number of nitrogens with two attached hydrogens (primary N) is 1. The van der Waals surface area contributed by atoms with Crippen molar-refractivity contribution in [1.29, 1.82) is 0 Å². The summed E-state index contributed by atoms with van der Waals surface area (Å²) in [6, 6.07) is 12.9. The van der Waals surface area contributed by atoms with Crippen LogP contribution in [0.1, 0.15) is 24.9 Å². The van der Waals surface area contributed by atoms with Gasteiger partial charge in [-0.1, -0.05) is 37.3 Å². The van der Waals surface area contributed by atoms with E-state index in [0.717, 1.165) is 24.8 Å². The molecule has 1 heterocycles. The van der Waals surface area contributed by atoms with Crippen LogP contribution in [0.2, 0.25) is 0 Å². The molecule has 2 N–H and O–H groups in total. The van der Waals surface area contributed by atoms with Gasteiger partial charge in [0.15, 0.2) is 0 Å².